The van der Waals surface area contributed by atoms with Crippen LogP contribution in [0.5, 0.6) is 11.5 Å². The first kappa shape index (κ1) is 33.7. The minimum absolute atomic E-state index is 0.0477. The molecule has 0 radical (unpaired) electrons. The van der Waals surface area contributed by atoms with Gasteiger partial charge in [0.25, 0.3) is 0 Å². The van der Waals surface area contributed by atoms with Crippen LogP contribution in [-0.4, -0.2) is 43.1 Å². The van der Waals surface area contributed by atoms with Crippen LogP contribution in [0.1, 0.15) is 25.0 Å². The molecule has 0 bridgehead atoms. The predicted molar refractivity (Wildman–Crippen MR) is 121 cm³/mol. The highest BCUT2D eigenvalue weighted by atomic mass is 32.2. The zero-order valence-corrected chi connectivity index (χ0v) is 22.8. The lowest BCUT2D eigenvalue weighted by Crippen LogP contribution is -2.20. The predicted octanol–water partition coefficient (Wildman–Crippen LogP) is 5.33. The lowest BCUT2D eigenvalue weighted by atomic mass is 10.1. The van der Waals surface area contributed by atoms with Crippen molar-refractivity contribution >= 4 is 28.5 Å². The average Bonchev–Trinajstić information content (AvgIpc) is 2.81. The zero-order chi connectivity index (χ0) is 30.4. The standard InChI is InChI=1S/C20H20F6O11PS2/c1-3-13-7-5-9-15(36-19(21,22)23)17(13)39(28,29)34-11-32-38(27)33-12-35-40(30,31)18-14(4-2)8-6-10-16(18)37-20(24,25)26/h5-10H,3-4,11-12H2,1-2H3/q+1. The molecule has 0 unspecified atom stereocenters. The van der Waals surface area contributed by atoms with Gasteiger partial charge in [-0.05, 0) is 36.1 Å². The molecule has 0 saturated heterocycles. The van der Waals surface area contributed by atoms with Gasteiger partial charge in [0.1, 0.15) is 9.79 Å². The highest BCUT2D eigenvalue weighted by molar-refractivity contribution is 7.87. The number of hydrogen-bond donors (Lipinski definition) is 0. The Bertz CT molecular complexity index is 1310. The highest BCUT2D eigenvalue weighted by Crippen LogP contribution is 2.36. The van der Waals surface area contributed by atoms with Crippen LogP contribution in [0, 0.1) is 0 Å². The van der Waals surface area contributed by atoms with Gasteiger partial charge in [-0.1, -0.05) is 47.2 Å². The summed E-state index contributed by atoms with van der Waals surface area (Å²) in [5.74, 6) is -2.18. The average molecular weight is 645 g/mol. The van der Waals surface area contributed by atoms with E-state index in [2.05, 4.69) is 26.9 Å². The van der Waals surface area contributed by atoms with Gasteiger partial charge in [-0.15, -0.1) is 26.3 Å². The zero-order valence-electron chi connectivity index (χ0n) is 20.3. The Morgan fingerprint density at radius 1 is 0.675 bits per heavy atom. The molecule has 0 aliphatic rings. The minimum Gasteiger partial charge on any atom is -0.404 e. The molecular formula is C20H20F6O11PS2+. The maximum Gasteiger partial charge on any atom is 0.702 e. The Kier molecular flexibility index (Phi) is 11.3. The number of aryl methyl sites for hydroxylation is 2. The van der Waals surface area contributed by atoms with Crippen molar-refractivity contribution in [1.29, 1.82) is 0 Å². The van der Waals surface area contributed by atoms with Gasteiger partial charge >= 0.3 is 41.2 Å². The third kappa shape index (κ3) is 9.83. The lowest BCUT2D eigenvalue weighted by molar-refractivity contribution is -0.276. The molecular weight excluding hydrogens is 625 g/mol. The van der Waals surface area contributed by atoms with Crippen molar-refractivity contribution in [1.82, 2.24) is 0 Å². The van der Waals surface area contributed by atoms with Crippen LogP contribution in [0.2, 0.25) is 0 Å². The molecule has 40 heavy (non-hydrogen) atoms. The Labute approximate surface area is 225 Å². The van der Waals surface area contributed by atoms with Gasteiger partial charge < -0.3 is 9.47 Å². The van der Waals surface area contributed by atoms with Crippen LogP contribution in [0.25, 0.3) is 0 Å². The SMILES string of the molecule is CCc1cccc(OC(F)(F)F)c1S(=O)(=O)OCO[P+](=O)OCOS(=O)(=O)c1c(CC)cccc1OC(F)(F)F. The maximum absolute atomic E-state index is 12.7. The molecule has 0 aromatic heterocycles. The molecule has 0 atom stereocenters. The van der Waals surface area contributed by atoms with Gasteiger partial charge in [0, 0.05) is 4.57 Å². The number of halogens is 6. The summed E-state index contributed by atoms with van der Waals surface area (Å²) in [6.07, 6.45) is -10.6. The van der Waals surface area contributed by atoms with Crippen LogP contribution in [0.15, 0.2) is 46.2 Å². The quantitative estimate of drug-likeness (QED) is 0.114. The Balaban J connectivity index is 2.05. The first-order valence-corrected chi connectivity index (χ1v) is 14.6. The number of benzene rings is 2. The summed E-state index contributed by atoms with van der Waals surface area (Å²) in [7, 11) is -13.3. The van der Waals surface area contributed by atoms with Crippen LogP contribution >= 0.6 is 8.25 Å². The van der Waals surface area contributed by atoms with Gasteiger partial charge in [0.2, 0.25) is 13.6 Å². The van der Waals surface area contributed by atoms with Crippen LogP contribution in [0.3, 0.4) is 0 Å². The maximum atomic E-state index is 12.7. The van der Waals surface area contributed by atoms with Gasteiger partial charge in [0.15, 0.2) is 11.5 Å². The van der Waals surface area contributed by atoms with Crippen molar-refractivity contribution in [2.75, 3.05) is 13.6 Å². The van der Waals surface area contributed by atoms with E-state index in [1.54, 1.807) is 0 Å². The van der Waals surface area contributed by atoms with E-state index in [4.69, 9.17) is 0 Å². The second kappa shape index (κ2) is 13.4. The van der Waals surface area contributed by atoms with E-state index in [0.29, 0.717) is 0 Å². The van der Waals surface area contributed by atoms with Crippen molar-refractivity contribution in [3.05, 3.63) is 47.5 Å². The van der Waals surface area contributed by atoms with Crippen molar-refractivity contribution < 1.29 is 74.6 Å². The molecule has 0 fully saturated rings. The fourth-order valence-corrected chi connectivity index (χ4v) is 5.93. The third-order valence-electron chi connectivity index (χ3n) is 4.56. The summed E-state index contributed by atoms with van der Waals surface area (Å²) < 4.78 is 163. The van der Waals surface area contributed by atoms with Crippen molar-refractivity contribution in [2.24, 2.45) is 0 Å². The lowest BCUT2D eigenvalue weighted by Gasteiger charge is -2.15. The summed E-state index contributed by atoms with van der Waals surface area (Å²) in [6.45, 7) is 0.155. The Morgan fingerprint density at radius 3 is 1.32 bits per heavy atom. The molecule has 11 nitrogen and oxygen atoms in total. The normalized spacial score (nSPS) is 12.8. The summed E-state index contributed by atoms with van der Waals surface area (Å²) in [5.41, 5.74) is -0.218. The molecule has 2 rings (SSSR count). The second-order valence-corrected chi connectivity index (χ2v) is 11.2. The number of hydrogen-bond acceptors (Lipinski definition) is 11. The number of rotatable bonds is 14. The van der Waals surface area contributed by atoms with Crippen LogP contribution in [0.4, 0.5) is 26.3 Å². The van der Waals surface area contributed by atoms with Gasteiger partial charge in [-0.25, -0.2) is 8.37 Å². The minimum atomic E-state index is -5.23. The van der Waals surface area contributed by atoms with Crippen molar-refractivity contribution in [3.8, 4) is 11.5 Å². The fraction of sp³-hybridized carbons (Fsp3) is 0.400. The topological polar surface area (TPSA) is 141 Å². The molecule has 0 amide bonds. The van der Waals surface area contributed by atoms with E-state index in [1.165, 1.54) is 26.0 Å². The third-order valence-corrected chi connectivity index (χ3v) is 7.93. The summed E-state index contributed by atoms with van der Waals surface area (Å²) in [4.78, 5) is -1.93. The van der Waals surface area contributed by atoms with E-state index < -0.39 is 76.1 Å². The van der Waals surface area contributed by atoms with Crippen molar-refractivity contribution in [2.45, 2.75) is 49.2 Å². The van der Waals surface area contributed by atoms with Gasteiger partial charge in [-0.2, -0.15) is 16.8 Å². The fourth-order valence-electron chi connectivity index (χ4n) is 3.07. The molecule has 0 aliphatic carbocycles. The Hall–Kier alpha value is -2.54. The largest absolute Gasteiger partial charge is 0.702 e. The monoisotopic (exact) mass is 645 g/mol. The van der Waals surface area contributed by atoms with E-state index in [0.717, 1.165) is 24.3 Å². The van der Waals surface area contributed by atoms with Gasteiger partial charge in [-0.3, -0.25) is 0 Å². The molecule has 0 heterocycles. The summed E-state index contributed by atoms with van der Waals surface area (Å²) in [5, 5.41) is 0. The first-order valence-electron chi connectivity index (χ1n) is 10.7. The highest BCUT2D eigenvalue weighted by Gasteiger charge is 2.37. The van der Waals surface area contributed by atoms with E-state index in [1.807, 2.05) is 0 Å². The smallest absolute Gasteiger partial charge is 0.404 e. The molecule has 0 aliphatic heterocycles. The molecule has 0 spiro atoms. The molecule has 20 heteroatoms. The summed E-state index contributed by atoms with van der Waals surface area (Å²) in [6, 6.07) is 6.09. The van der Waals surface area contributed by atoms with E-state index in [9.17, 15) is 47.7 Å². The first-order chi connectivity index (χ1) is 18.4. The number of ether oxygens (including phenoxy) is 2. The summed E-state index contributed by atoms with van der Waals surface area (Å²) >= 11 is 0. The van der Waals surface area contributed by atoms with Crippen molar-refractivity contribution in [3.63, 3.8) is 0 Å². The number of alkyl halides is 6. The van der Waals surface area contributed by atoms with Crippen LogP contribution in [-0.2, 0) is 55.1 Å². The van der Waals surface area contributed by atoms with E-state index >= 15 is 0 Å². The van der Waals surface area contributed by atoms with Crippen LogP contribution < -0.4 is 9.47 Å². The molecule has 0 N–H and O–H groups in total. The van der Waals surface area contributed by atoms with Gasteiger partial charge in [0.05, 0.1) is 0 Å². The van der Waals surface area contributed by atoms with E-state index in [-0.39, 0.29) is 24.0 Å². The molecule has 224 valence electrons. The second-order valence-electron chi connectivity index (χ2n) is 7.15. The molecule has 0 saturated carbocycles. The molecule has 2 aromatic rings. The Morgan fingerprint density at radius 2 is 1.02 bits per heavy atom. The molecule has 2 aromatic carbocycles.